The Morgan fingerprint density at radius 1 is 1.23 bits per heavy atom. The first-order valence-electron chi connectivity index (χ1n) is 8.08. The Labute approximate surface area is 130 Å². The number of benzene rings is 1. The summed E-state index contributed by atoms with van der Waals surface area (Å²) >= 11 is 0. The SMILES string of the molecule is O=C(OCc1ccccc1)N1C2C=C(C3CC3)CC1COC2. The maximum atomic E-state index is 12.5. The van der Waals surface area contributed by atoms with E-state index in [2.05, 4.69) is 6.08 Å². The van der Waals surface area contributed by atoms with E-state index < -0.39 is 0 Å². The molecule has 1 aromatic carbocycles. The molecule has 2 fully saturated rings. The maximum Gasteiger partial charge on any atom is 0.411 e. The van der Waals surface area contributed by atoms with E-state index in [0.717, 1.165) is 17.9 Å². The molecule has 2 heterocycles. The van der Waals surface area contributed by atoms with Crippen molar-refractivity contribution in [3.05, 3.63) is 47.5 Å². The normalized spacial score (nSPS) is 27.3. The van der Waals surface area contributed by atoms with Crippen LogP contribution in [-0.4, -0.2) is 36.3 Å². The fourth-order valence-corrected chi connectivity index (χ4v) is 3.46. The van der Waals surface area contributed by atoms with Gasteiger partial charge in [0.2, 0.25) is 0 Å². The number of amides is 1. The molecule has 1 aliphatic carbocycles. The van der Waals surface area contributed by atoms with Gasteiger partial charge in [-0.25, -0.2) is 4.79 Å². The number of carbonyl (C=O) groups is 1. The molecule has 4 nitrogen and oxygen atoms in total. The lowest BCUT2D eigenvalue weighted by Gasteiger charge is -2.43. The van der Waals surface area contributed by atoms with Crippen LogP contribution in [0.15, 0.2) is 42.0 Å². The smallest absolute Gasteiger partial charge is 0.411 e. The molecule has 4 heteroatoms. The lowest BCUT2D eigenvalue weighted by Crippen LogP contribution is -2.56. The van der Waals surface area contributed by atoms with E-state index in [1.807, 2.05) is 35.2 Å². The number of carbonyl (C=O) groups excluding carboxylic acids is 1. The number of morpholine rings is 1. The summed E-state index contributed by atoms with van der Waals surface area (Å²) in [5, 5.41) is 0. The standard InChI is InChI=1S/C18H21NO3/c20-18(22-10-13-4-2-1-3-5-13)19-16-8-15(14-6-7-14)9-17(19)12-21-11-16/h1-5,8,14,16-17H,6-7,9-12H2. The molecule has 0 N–H and O–H groups in total. The third-order valence-electron chi connectivity index (χ3n) is 4.75. The van der Waals surface area contributed by atoms with Gasteiger partial charge in [0.15, 0.2) is 0 Å². The highest BCUT2D eigenvalue weighted by molar-refractivity contribution is 5.69. The minimum atomic E-state index is -0.215. The van der Waals surface area contributed by atoms with Gasteiger partial charge in [-0.3, -0.25) is 4.90 Å². The van der Waals surface area contributed by atoms with E-state index in [9.17, 15) is 4.79 Å². The van der Waals surface area contributed by atoms with E-state index >= 15 is 0 Å². The van der Waals surface area contributed by atoms with E-state index in [1.54, 1.807) is 0 Å². The van der Waals surface area contributed by atoms with Crippen molar-refractivity contribution in [3.8, 4) is 0 Å². The number of nitrogens with zero attached hydrogens (tertiary/aromatic N) is 1. The van der Waals surface area contributed by atoms with Crippen LogP contribution in [0.1, 0.15) is 24.8 Å². The number of fused-ring (bicyclic) bond motifs is 2. The zero-order valence-corrected chi connectivity index (χ0v) is 12.6. The topological polar surface area (TPSA) is 38.8 Å². The minimum Gasteiger partial charge on any atom is -0.445 e. The molecule has 2 unspecified atom stereocenters. The van der Waals surface area contributed by atoms with Crippen molar-refractivity contribution in [1.29, 1.82) is 0 Å². The molecular formula is C18H21NO3. The fourth-order valence-electron chi connectivity index (χ4n) is 3.46. The van der Waals surface area contributed by atoms with E-state index in [-0.39, 0.29) is 18.2 Å². The van der Waals surface area contributed by atoms with Crippen molar-refractivity contribution >= 4 is 6.09 Å². The van der Waals surface area contributed by atoms with E-state index in [4.69, 9.17) is 9.47 Å². The molecule has 2 atom stereocenters. The number of hydrogen-bond acceptors (Lipinski definition) is 3. The third kappa shape index (κ3) is 2.75. The highest BCUT2D eigenvalue weighted by Gasteiger charge is 2.41. The third-order valence-corrected chi connectivity index (χ3v) is 4.75. The van der Waals surface area contributed by atoms with Gasteiger partial charge in [0.05, 0.1) is 25.3 Å². The molecule has 22 heavy (non-hydrogen) atoms. The molecule has 2 aliphatic heterocycles. The molecule has 1 saturated heterocycles. The van der Waals surface area contributed by atoms with Crippen LogP contribution in [-0.2, 0) is 16.1 Å². The summed E-state index contributed by atoms with van der Waals surface area (Å²) < 4.78 is 11.2. The lowest BCUT2D eigenvalue weighted by molar-refractivity contribution is -0.0377. The molecule has 1 aromatic rings. The van der Waals surface area contributed by atoms with Crippen LogP contribution in [0.4, 0.5) is 4.79 Å². The Hall–Kier alpha value is -1.81. The Morgan fingerprint density at radius 3 is 2.77 bits per heavy atom. The van der Waals surface area contributed by atoms with Crippen molar-refractivity contribution in [3.63, 3.8) is 0 Å². The predicted octanol–water partition coefficient (Wildman–Crippen LogP) is 3.13. The average molecular weight is 299 g/mol. The van der Waals surface area contributed by atoms with Crippen LogP contribution < -0.4 is 0 Å². The summed E-state index contributed by atoms with van der Waals surface area (Å²) in [5.41, 5.74) is 2.55. The average Bonchev–Trinajstić information content (AvgIpc) is 3.37. The maximum absolute atomic E-state index is 12.5. The van der Waals surface area contributed by atoms with E-state index in [1.165, 1.54) is 18.4 Å². The highest BCUT2D eigenvalue weighted by Crippen LogP contribution is 2.42. The Bertz CT molecular complexity index is 579. The molecule has 2 bridgehead atoms. The van der Waals surface area contributed by atoms with E-state index in [0.29, 0.717) is 19.8 Å². The largest absolute Gasteiger partial charge is 0.445 e. The van der Waals surface area contributed by atoms with Crippen LogP contribution in [0.5, 0.6) is 0 Å². The second-order valence-corrected chi connectivity index (χ2v) is 6.43. The molecule has 1 saturated carbocycles. The van der Waals surface area contributed by atoms with Gasteiger partial charge in [0.25, 0.3) is 0 Å². The van der Waals surface area contributed by atoms with Crippen molar-refractivity contribution < 1.29 is 14.3 Å². The summed E-state index contributed by atoms with van der Waals surface area (Å²) in [7, 11) is 0. The number of ether oxygens (including phenoxy) is 2. The molecule has 3 aliphatic rings. The van der Waals surface area contributed by atoms with Gasteiger partial charge in [-0.05, 0) is 30.7 Å². The summed E-state index contributed by atoms with van der Waals surface area (Å²) in [5.74, 6) is 0.769. The summed E-state index contributed by atoms with van der Waals surface area (Å²) in [4.78, 5) is 14.4. The quantitative estimate of drug-likeness (QED) is 0.805. The Morgan fingerprint density at radius 2 is 2.05 bits per heavy atom. The Kier molecular flexibility index (Phi) is 3.62. The minimum absolute atomic E-state index is 0.0476. The number of hydrogen-bond donors (Lipinski definition) is 0. The van der Waals surface area contributed by atoms with Gasteiger partial charge >= 0.3 is 6.09 Å². The highest BCUT2D eigenvalue weighted by atomic mass is 16.6. The Balaban J connectivity index is 1.44. The molecule has 4 rings (SSSR count). The van der Waals surface area contributed by atoms with Gasteiger partial charge in [-0.15, -0.1) is 0 Å². The van der Waals surface area contributed by atoms with Crippen molar-refractivity contribution in [2.24, 2.45) is 5.92 Å². The molecule has 116 valence electrons. The first kappa shape index (κ1) is 13.8. The van der Waals surface area contributed by atoms with Crippen LogP contribution >= 0.6 is 0 Å². The van der Waals surface area contributed by atoms with Crippen LogP contribution in [0.2, 0.25) is 0 Å². The van der Waals surface area contributed by atoms with Crippen LogP contribution in [0, 0.1) is 5.92 Å². The van der Waals surface area contributed by atoms with Crippen LogP contribution in [0.25, 0.3) is 0 Å². The fraction of sp³-hybridized carbons (Fsp3) is 0.500. The van der Waals surface area contributed by atoms with Gasteiger partial charge in [-0.1, -0.05) is 42.0 Å². The number of rotatable bonds is 3. The molecule has 0 radical (unpaired) electrons. The van der Waals surface area contributed by atoms with Gasteiger partial charge in [-0.2, -0.15) is 0 Å². The molecular weight excluding hydrogens is 278 g/mol. The second-order valence-electron chi connectivity index (χ2n) is 6.43. The zero-order chi connectivity index (χ0) is 14.9. The second kappa shape index (κ2) is 5.76. The predicted molar refractivity (Wildman–Crippen MR) is 82.3 cm³/mol. The van der Waals surface area contributed by atoms with Crippen molar-refractivity contribution in [2.45, 2.75) is 38.0 Å². The van der Waals surface area contributed by atoms with Crippen molar-refractivity contribution in [2.75, 3.05) is 13.2 Å². The van der Waals surface area contributed by atoms with Gasteiger partial charge in [0, 0.05) is 0 Å². The van der Waals surface area contributed by atoms with Crippen LogP contribution in [0.3, 0.4) is 0 Å². The zero-order valence-electron chi connectivity index (χ0n) is 12.6. The molecule has 0 spiro atoms. The monoisotopic (exact) mass is 299 g/mol. The lowest BCUT2D eigenvalue weighted by atomic mass is 9.92. The molecule has 1 amide bonds. The first-order chi connectivity index (χ1) is 10.8. The van der Waals surface area contributed by atoms with Crippen molar-refractivity contribution in [1.82, 2.24) is 4.90 Å². The first-order valence-corrected chi connectivity index (χ1v) is 8.08. The summed E-state index contributed by atoms with van der Waals surface area (Å²) in [6.07, 6.45) is 5.60. The van der Waals surface area contributed by atoms with Gasteiger partial charge in [0.1, 0.15) is 6.61 Å². The molecule has 0 aromatic heterocycles. The summed E-state index contributed by atoms with van der Waals surface area (Å²) in [6, 6.07) is 10.0. The van der Waals surface area contributed by atoms with Gasteiger partial charge < -0.3 is 9.47 Å². The summed E-state index contributed by atoms with van der Waals surface area (Å²) in [6.45, 7) is 1.55.